The first-order valence-corrected chi connectivity index (χ1v) is 3.89. The zero-order chi connectivity index (χ0) is 10.0. The number of rotatable bonds is 1. The van der Waals surface area contributed by atoms with Crippen LogP contribution in [0.3, 0.4) is 0 Å². The molecule has 5 nitrogen and oxygen atoms in total. The maximum absolute atomic E-state index is 11.0. The molecule has 3 N–H and O–H groups in total. The third-order valence-corrected chi connectivity index (χ3v) is 1.99. The Kier molecular flexibility index (Phi) is 3.02. The number of methoxy groups -OCH3 is 1. The molecule has 1 rings (SSSR count). The SMILES string of the molecule is COC(=O)C1=C[C@H](O)[C@H](O)[C@H](O)C1. The lowest BCUT2D eigenvalue weighted by atomic mass is 9.92. The summed E-state index contributed by atoms with van der Waals surface area (Å²) in [7, 11) is 1.22. The summed E-state index contributed by atoms with van der Waals surface area (Å²) in [6.45, 7) is 0. The molecule has 13 heavy (non-hydrogen) atoms. The van der Waals surface area contributed by atoms with Gasteiger partial charge in [-0.05, 0) is 6.08 Å². The van der Waals surface area contributed by atoms with Crippen molar-refractivity contribution in [3.8, 4) is 0 Å². The monoisotopic (exact) mass is 188 g/mol. The molecule has 3 atom stereocenters. The van der Waals surface area contributed by atoms with E-state index in [2.05, 4.69) is 4.74 Å². The molecule has 0 spiro atoms. The Bertz CT molecular complexity index is 235. The van der Waals surface area contributed by atoms with Crippen molar-refractivity contribution in [2.24, 2.45) is 0 Å². The standard InChI is InChI=1S/C8H12O5/c1-13-8(12)4-2-5(9)7(11)6(10)3-4/h2,5-7,9-11H,3H2,1H3/t5-,6+,7-/m0/s1. The average Bonchev–Trinajstić information content (AvgIpc) is 2.12. The molecule has 0 fully saturated rings. The van der Waals surface area contributed by atoms with Gasteiger partial charge < -0.3 is 20.1 Å². The van der Waals surface area contributed by atoms with Gasteiger partial charge in [-0.2, -0.15) is 0 Å². The van der Waals surface area contributed by atoms with Gasteiger partial charge in [-0.25, -0.2) is 4.79 Å². The molecule has 0 bridgehead atoms. The smallest absolute Gasteiger partial charge is 0.333 e. The second-order valence-corrected chi connectivity index (χ2v) is 2.94. The van der Waals surface area contributed by atoms with Crippen LogP contribution in [0.5, 0.6) is 0 Å². The number of aliphatic hydroxyl groups is 3. The first-order valence-electron chi connectivity index (χ1n) is 3.89. The molecule has 0 unspecified atom stereocenters. The molecule has 0 heterocycles. The molecular formula is C8H12O5. The Hall–Kier alpha value is -0.910. The Balaban J connectivity index is 2.78. The molecule has 0 saturated heterocycles. The largest absolute Gasteiger partial charge is 0.466 e. The second-order valence-electron chi connectivity index (χ2n) is 2.94. The fraction of sp³-hybridized carbons (Fsp3) is 0.625. The topological polar surface area (TPSA) is 87.0 Å². The van der Waals surface area contributed by atoms with E-state index < -0.39 is 24.3 Å². The Morgan fingerprint density at radius 3 is 2.62 bits per heavy atom. The lowest BCUT2D eigenvalue weighted by Crippen LogP contribution is -2.40. The molecule has 1 aliphatic rings. The van der Waals surface area contributed by atoms with Crippen LogP contribution in [-0.2, 0) is 9.53 Å². The Labute approximate surface area is 75.3 Å². The maximum Gasteiger partial charge on any atom is 0.333 e. The van der Waals surface area contributed by atoms with Crippen LogP contribution >= 0.6 is 0 Å². The third kappa shape index (κ3) is 2.06. The van der Waals surface area contributed by atoms with E-state index in [1.165, 1.54) is 13.2 Å². The van der Waals surface area contributed by atoms with E-state index in [0.29, 0.717) is 0 Å². The van der Waals surface area contributed by atoms with E-state index >= 15 is 0 Å². The summed E-state index contributed by atoms with van der Waals surface area (Å²) in [6, 6.07) is 0. The third-order valence-electron chi connectivity index (χ3n) is 1.99. The van der Waals surface area contributed by atoms with Gasteiger partial charge >= 0.3 is 5.97 Å². The highest BCUT2D eigenvalue weighted by atomic mass is 16.5. The van der Waals surface area contributed by atoms with Crippen LogP contribution < -0.4 is 0 Å². The van der Waals surface area contributed by atoms with Gasteiger partial charge in [0, 0.05) is 12.0 Å². The van der Waals surface area contributed by atoms with Crippen molar-refractivity contribution in [3.05, 3.63) is 11.6 Å². The molecule has 0 radical (unpaired) electrons. The molecule has 5 heteroatoms. The molecular weight excluding hydrogens is 176 g/mol. The van der Waals surface area contributed by atoms with Crippen LogP contribution in [0.4, 0.5) is 0 Å². The van der Waals surface area contributed by atoms with Crippen molar-refractivity contribution in [2.75, 3.05) is 7.11 Å². The van der Waals surface area contributed by atoms with Gasteiger partial charge in [0.05, 0.1) is 13.2 Å². The van der Waals surface area contributed by atoms with Gasteiger partial charge in [-0.3, -0.25) is 0 Å². The van der Waals surface area contributed by atoms with Gasteiger partial charge in [0.2, 0.25) is 0 Å². The first kappa shape index (κ1) is 10.2. The minimum absolute atomic E-state index is 0.00486. The molecule has 0 aromatic heterocycles. The van der Waals surface area contributed by atoms with E-state index in [1.54, 1.807) is 0 Å². The maximum atomic E-state index is 11.0. The number of hydrogen-bond acceptors (Lipinski definition) is 5. The zero-order valence-corrected chi connectivity index (χ0v) is 7.17. The van der Waals surface area contributed by atoms with Crippen molar-refractivity contribution < 1.29 is 24.9 Å². The second kappa shape index (κ2) is 3.87. The predicted molar refractivity (Wildman–Crippen MR) is 42.7 cm³/mol. The van der Waals surface area contributed by atoms with E-state index in [9.17, 15) is 9.90 Å². The number of hydrogen-bond donors (Lipinski definition) is 3. The van der Waals surface area contributed by atoms with Crippen molar-refractivity contribution in [1.82, 2.24) is 0 Å². The number of carbonyl (C=O) groups excluding carboxylic acids is 1. The number of esters is 1. The molecule has 0 aromatic carbocycles. The van der Waals surface area contributed by atoms with E-state index in [4.69, 9.17) is 10.2 Å². The van der Waals surface area contributed by atoms with Crippen molar-refractivity contribution in [3.63, 3.8) is 0 Å². The van der Waals surface area contributed by atoms with Gasteiger partial charge in [0.1, 0.15) is 12.2 Å². The van der Waals surface area contributed by atoms with E-state index in [-0.39, 0.29) is 12.0 Å². The Morgan fingerprint density at radius 2 is 2.15 bits per heavy atom. The molecule has 0 saturated carbocycles. The van der Waals surface area contributed by atoms with Crippen LogP contribution in [-0.4, -0.2) is 46.7 Å². The Morgan fingerprint density at radius 1 is 1.54 bits per heavy atom. The normalized spacial score (nSPS) is 33.8. The number of carbonyl (C=O) groups is 1. The minimum Gasteiger partial charge on any atom is -0.466 e. The highest BCUT2D eigenvalue weighted by Gasteiger charge is 2.31. The van der Waals surface area contributed by atoms with E-state index in [1.807, 2.05) is 0 Å². The molecule has 0 aromatic rings. The summed E-state index contributed by atoms with van der Waals surface area (Å²) >= 11 is 0. The average molecular weight is 188 g/mol. The summed E-state index contributed by atoms with van der Waals surface area (Å²) in [5, 5.41) is 27.5. The lowest BCUT2D eigenvalue weighted by Gasteiger charge is -2.26. The van der Waals surface area contributed by atoms with Crippen molar-refractivity contribution in [1.29, 1.82) is 0 Å². The lowest BCUT2D eigenvalue weighted by molar-refractivity contribution is -0.137. The summed E-state index contributed by atoms with van der Waals surface area (Å²) in [4.78, 5) is 11.0. The first-order chi connectivity index (χ1) is 6.06. The predicted octanol–water partition coefficient (Wildman–Crippen LogP) is -1.43. The van der Waals surface area contributed by atoms with Crippen molar-refractivity contribution in [2.45, 2.75) is 24.7 Å². The van der Waals surface area contributed by atoms with E-state index in [0.717, 1.165) is 0 Å². The van der Waals surface area contributed by atoms with Gasteiger partial charge in [0.25, 0.3) is 0 Å². The van der Waals surface area contributed by atoms with Crippen LogP contribution in [0.25, 0.3) is 0 Å². The quantitative estimate of drug-likeness (QED) is 0.439. The summed E-state index contributed by atoms with van der Waals surface area (Å²) in [5.74, 6) is -0.593. The minimum atomic E-state index is -1.23. The summed E-state index contributed by atoms with van der Waals surface area (Å²) in [6.07, 6.45) is -2.35. The highest BCUT2D eigenvalue weighted by molar-refractivity contribution is 5.88. The van der Waals surface area contributed by atoms with Crippen molar-refractivity contribution >= 4 is 5.97 Å². The summed E-state index contributed by atoms with van der Waals surface area (Å²) < 4.78 is 4.41. The molecule has 0 aliphatic heterocycles. The van der Waals surface area contributed by atoms with Gasteiger partial charge in [-0.1, -0.05) is 0 Å². The fourth-order valence-electron chi connectivity index (χ4n) is 1.23. The van der Waals surface area contributed by atoms with Gasteiger partial charge in [-0.15, -0.1) is 0 Å². The molecule has 1 aliphatic carbocycles. The highest BCUT2D eigenvalue weighted by Crippen LogP contribution is 2.20. The van der Waals surface area contributed by atoms with Crippen LogP contribution in [0.2, 0.25) is 0 Å². The number of ether oxygens (including phenoxy) is 1. The van der Waals surface area contributed by atoms with Crippen LogP contribution in [0.1, 0.15) is 6.42 Å². The zero-order valence-electron chi connectivity index (χ0n) is 7.17. The molecule has 0 amide bonds. The van der Waals surface area contributed by atoms with Crippen LogP contribution in [0.15, 0.2) is 11.6 Å². The molecule has 74 valence electrons. The number of aliphatic hydroxyl groups excluding tert-OH is 3. The summed E-state index contributed by atoms with van der Waals surface area (Å²) in [5.41, 5.74) is 0.188. The van der Waals surface area contributed by atoms with Gasteiger partial charge in [0.15, 0.2) is 0 Å². The fourth-order valence-corrected chi connectivity index (χ4v) is 1.23. The van der Waals surface area contributed by atoms with Crippen LogP contribution in [0, 0.1) is 0 Å².